The molecule has 5 nitrogen and oxygen atoms in total. The van der Waals surface area contributed by atoms with E-state index in [1.54, 1.807) is 4.67 Å². The fraction of sp³-hybridized carbons (Fsp3) is 1.00. The smallest absolute Gasteiger partial charge is 0.321 e. The maximum atomic E-state index is 12.1. The fourth-order valence-corrected chi connectivity index (χ4v) is 3.73. The zero-order valence-corrected chi connectivity index (χ0v) is 9.50. The Bertz CT molecular complexity index is 268. The molecule has 0 saturated carbocycles. The van der Waals surface area contributed by atoms with Crippen molar-refractivity contribution in [3.05, 3.63) is 0 Å². The van der Waals surface area contributed by atoms with Gasteiger partial charge in [0.05, 0.1) is 18.8 Å². The van der Waals surface area contributed by atoms with Crippen LogP contribution < -0.4 is 5.73 Å². The third kappa shape index (κ3) is 1.88. The van der Waals surface area contributed by atoms with Gasteiger partial charge in [-0.1, -0.05) is 6.92 Å². The standard InChI is InChI=1S/C8H17N2O3P/c1-3-7-4-10(7)14(11)12-5-8(2,9)6-13-14/h7H,3-6,9H2,1-2H3/t7-,8?,10?,14?/m0/s1. The van der Waals surface area contributed by atoms with Crippen LogP contribution in [0.3, 0.4) is 0 Å². The van der Waals surface area contributed by atoms with Gasteiger partial charge in [0.1, 0.15) is 0 Å². The van der Waals surface area contributed by atoms with Crippen LogP contribution in [0.25, 0.3) is 0 Å². The summed E-state index contributed by atoms with van der Waals surface area (Å²) in [6, 6.07) is 0.364. The van der Waals surface area contributed by atoms with Gasteiger partial charge in [0.25, 0.3) is 0 Å². The summed E-state index contributed by atoms with van der Waals surface area (Å²) in [5, 5.41) is 0. The molecule has 0 aromatic heterocycles. The molecule has 0 spiro atoms. The van der Waals surface area contributed by atoms with Crippen LogP contribution >= 0.6 is 7.75 Å². The lowest BCUT2D eigenvalue weighted by Gasteiger charge is -2.34. The highest BCUT2D eigenvalue weighted by molar-refractivity contribution is 7.51. The van der Waals surface area contributed by atoms with E-state index in [4.69, 9.17) is 14.8 Å². The van der Waals surface area contributed by atoms with E-state index in [-0.39, 0.29) is 0 Å². The molecule has 2 heterocycles. The van der Waals surface area contributed by atoms with Gasteiger partial charge in [-0.25, -0.2) is 9.24 Å². The van der Waals surface area contributed by atoms with Gasteiger partial charge in [-0.2, -0.15) is 0 Å². The molecule has 2 N–H and O–H groups in total. The molecule has 0 aromatic rings. The first-order valence-corrected chi connectivity index (χ1v) is 6.41. The minimum Gasteiger partial charge on any atom is -0.321 e. The van der Waals surface area contributed by atoms with Crippen LogP contribution in [0.4, 0.5) is 0 Å². The lowest BCUT2D eigenvalue weighted by Crippen LogP contribution is -2.48. The van der Waals surface area contributed by atoms with Crippen molar-refractivity contribution >= 4 is 7.75 Å². The molecule has 0 aliphatic carbocycles. The molecule has 82 valence electrons. The normalized spacial score (nSPS) is 53.1. The molecule has 2 fully saturated rings. The second-order valence-corrected chi connectivity index (χ2v) is 6.32. The van der Waals surface area contributed by atoms with Gasteiger partial charge < -0.3 is 5.73 Å². The van der Waals surface area contributed by atoms with Gasteiger partial charge in [-0.3, -0.25) is 9.05 Å². The van der Waals surface area contributed by atoms with E-state index < -0.39 is 13.3 Å². The predicted molar refractivity (Wildman–Crippen MR) is 52.9 cm³/mol. The summed E-state index contributed by atoms with van der Waals surface area (Å²) in [4.78, 5) is 0. The van der Waals surface area contributed by atoms with E-state index in [0.717, 1.165) is 13.0 Å². The maximum absolute atomic E-state index is 12.1. The lowest BCUT2D eigenvalue weighted by atomic mass is 10.1. The van der Waals surface area contributed by atoms with E-state index in [9.17, 15) is 4.57 Å². The second-order valence-electron chi connectivity index (χ2n) is 4.35. The number of hydrogen-bond donors (Lipinski definition) is 1. The predicted octanol–water partition coefficient (Wildman–Crippen LogP) is 0.953. The van der Waals surface area contributed by atoms with E-state index in [2.05, 4.69) is 6.92 Å². The number of nitrogens with zero attached hydrogens (tertiary/aromatic N) is 1. The number of hydrogen-bond acceptors (Lipinski definition) is 4. The largest absolute Gasteiger partial charge is 0.408 e. The first-order chi connectivity index (χ1) is 6.47. The van der Waals surface area contributed by atoms with E-state index in [1.165, 1.54) is 0 Å². The molecule has 14 heavy (non-hydrogen) atoms. The van der Waals surface area contributed by atoms with Crippen LogP contribution in [-0.4, -0.2) is 36.0 Å². The quantitative estimate of drug-likeness (QED) is 0.554. The van der Waals surface area contributed by atoms with Gasteiger partial charge >= 0.3 is 7.75 Å². The second kappa shape index (κ2) is 3.29. The fourth-order valence-electron chi connectivity index (χ4n) is 1.49. The monoisotopic (exact) mass is 220 g/mol. The number of nitrogens with two attached hydrogens (primary N) is 1. The van der Waals surface area contributed by atoms with Crippen molar-refractivity contribution in [1.29, 1.82) is 0 Å². The highest BCUT2D eigenvalue weighted by Gasteiger charge is 2.52. The van der Waals surface area contributed by atoms with Crippen LogP contribution in [0, 0.1) is 0 Å². The third-order valence-corrected chi connectivity index (χ3v) is 4.62. The van der Waals surface area contributed by atoms with Crippen LogP contribution in [0.15, 0.2) is 0 Å². The summed E-state index contributed by atoms with van der Waals surface area (Å²) in [6.07, 6.45) is 0.983. The maximum Gasteiger partial charge on any atom is 0.408 e. The molecular formula is C8H17N2O3P. The van der Waals surface area contributed by atoms with Crippen molar-refractivity contribution in [3.8, 4) is 0 Å². The molecule has 6 heteroatoms. The van der Waals surface area contributed by atoms with E-state index in [1.807, 2.05) is 6.92 Å². The molecular weight excluding hydrogens is 203 g/mol. The Morgan fingerprint density at radius 2 is 2.14 bits per heavy atom. The third-order valence-electron chi connectivity index (χ3n) is 2.59. The van der Waals surface area contributed by atoms with Crippen molar-refractivity contribution < 1.29 is 13.6 Å². The first kappa shape index (κ1) is 10.6. The number of rotatable bonds is 2. The average Bonchev–Trinajstić information content (AvgIpc) is 2.90. The SMILES string of the molecule is CC[C@H]1CN1P1(=O)OCC(C)(N)CO1. The van der Waals surface area contributed by atoms with Crippen LogP contribution in [0.1, 0.15) is 20.3 Å². The Labute approximate surface area is 84.1 Å². The van der Waals surface area contributed by atoms with Crippen molar-refractivity contribution in [2.45, 2.75) is 31.8 Å². The Kier molecular flexibility index (Phi) is 2.48. The van der Waals surface area contributed by atoms with Gasteiger partial charge in [0.2, 0.25) is 0 Å². The van der Waals surface area contributed by atoms with Crippen molar-refractivity contribution in [2.75, 3.05) is 19.8 Å². The molecule has 2 saturated heterocycles. The van der Waals surface area contributed by atoms with Crippen LogP contribution in [-0.2, 0) is 13.6 Å². The minimum atomic E-state index is -2.97. The molecule has 2 aliphatic rings. The first-order valence-electron chi connectivity index (χ1n) is 4.92. The molecule has 2 atom stereocenters. The Balaban J connectivity index is 1.97. The molecule has 0 amide bonds. The molecule has 2 aliphatic heterocycles. The highest BCUT2D eigenvalue weighted by atomic mass is 31.2. The minimum absolute atomic E-state index is 0.303. The van der Waals surface area contributed by atoms with Crippen molar-refractivity contribution in [3.63, 3.8) is 0 Å². The van der Waals surface area contributed by atoms with Crippen molar-refractivity contribution in [1.82, 2.24) is 4.67 Å². The zero-order valence-electron chi connectivity index (χ0n) is 8.60. The summed E-state index contributed by atoms with van der Waals surface area (Å²) >= 11 is 0. The lowest BCUT2D eigenvalue weighted by molar-refractivity contribution is 0.0670. The Morgan fingerprint density at radius 1 is 1.57 bits per heavy atom. The summed E-state index contributed by atoms with van der Waals surface area (Å²) in [7, 11) is -2.97. The molecule has 1 unspecified atom stereocenters. The average molecular weight is 220 g/mol. The summed E-state index contributed by atoms with van der Waals surface area (Å²) in [6.45, 7) is 5.31. The topological polar surface area (TPSA) is 64.6 Å². The van der Waals surface area contributed by atoms with Crippen LogP contribution in [0.5, 0.6) is 0 Å². The Hall–Kier alpha value is 0.0700. The van der Waals surface area contributed by atoms with Gasteiger partial charge in [0.15, 0.2) is 0 Å². The van der Waals surface area contributed by atoms with Crippen LogP contribution in [0.2, 0.25) is 0 Å². The van der Waals surface area contributed by atoms with Gasteiger partial charge in [-0.05, 0) is 13.3 Å². The van der Waals surface area contributed by atoms with Crippen molar-refractivity contribution in [2.24, 2.45) is 5.73 Å². The van der Waals surface area contributed by atoms with Gasteiger partial charge in [0, 0.05) is 12.6 Å². The Morgan fingerprint density at radius 3 is 2.57 bits per heavy atom. The highest BCUT2D eigenvalue weighted by Crippen LogP contribution is 2.61. The summed E-state index contributed by atoms with van der Waals surface area (Å²) < 4.78 is 24.4. The summed E-state index contributed by atoms with van der Waals surface area (Å²) in [5.41, 5.74) is 5.29. The van der Waals surface area contributed by atoms with E-state index in [0.29, 0.717) is 19.3 Å². The van der Waals surface area contributed by atoms with E-state index >= 15 is 0 Å². The molecule has 2 rings (SSSR count). The molecule has 0 aromatic carbocycles. The summed E-state index contributed by atoms with van der Waals surface area (Å²) in [5.74, 6) is 0. The molecule has 0 bridgehead atoms. The zero-order chi connectivity index (χ0) is 10.4. The molecule has 0 radical (unpaired) electrons. The van der Waals surface area contributed by atoms with Gasteiger partial charge in [-0.15, -0.1) is 0 Å².